The fourth-order valence-electron chi connectivity index (χ4n) is 11.4. The fourth-order valence-corrected chi connectivity index (χ4v) is 11.4. The summed E-state index contributed by atoms with van der Waals surface area (Å²) >= 11 is 0. The molecule has 324 valence electrons. The molecule has 0 amide bonds. The molecule has 12 rings (SSSR count). The van der Waals surface area contributed by atoms with E-state index in [1.54, 1.807) is 0 Å². The highest BCUT2D eigenvalue weighted by atomic mass is 15.2. The van der Waals surface area contributed by atoms with E-state index in [0.29, 0.717) is 5.92 Å². The maximum atomic E-state index is 2.52. The molecule has 0 heterocycles. The molecule has 0 atom stereocenters. The van der Waals surface area contributed by atoms with Gasteiger partial charge in [0.05, 0.1) is 0 Å². The lowest BCUT2D eigenvalue weighted by molar-refractivity contribution is 0.443. The van der Waals surface area contributed by atoms with Crippen LogP contribution in [0.1, 0.15) is 68.6 Å². The van der Waals surface area contributed by atoms with E-state index in [4.69, 9.17) is 0 Å². The van der Waals surface area contributed by atoms with Gasteiger partial charge < -0.3 is 9.80 Å². The van der Waals surface area contributed by atoms with Gasteiger partial charge in [-0.3, -0.25) is 0 Å². The molecular weight excluding hydrogens is 809 g/mol. The van der Waals surface area contributed by atoms with E-state index in [9.17, 15) is 0 Å². The first-order valence-corrected chi connectivity index (χ1v) is 24.2. The molecule has 0 aliphatic heterocycles. The summed E-state index contributed by atoms with van der Waals surface area (Å²) in [4.78, 5) is 4.96. The highest BCUT2D eigenvalue weighted by Gasteiger charge is 2.36. The van der Waals surface area contributed by atoms with E-state index in [2.05, 4.69) is 248 Å². The molecule has 0 unspecified atom stereocenters. The number of hydrogen-bond donors (Lipinski definition) is 0. The van der Waals surface area contributed by atoms with Crippen molar-refractivity contribution < 1.29 is 0 Å². The number of rotatable bonds is 9. The first-order chi connectivity index (χ1) is 33.0. The second-order valence-corrected chi connectivity index (χ2v) is 19.2. The number of nitrogens with zero attached hydrogens (tertiary/aromatic N) is 2. The monoisotopic (exact) mass is 862 g/mol. The van der Waals surface area contributed by atoms with E-state index in [0.717, 1.165) is 39.7 Å². The zero-order valence-electron chi connectivity index (χ0n) is 38.4. The molecule has 0 saturated heterocycles. The predicted molar refractivity (Wildman–Crippen MR) is 285 cm³/mol. The Labute approximate surface area is 395 Å². The Bertz CT molecular complexity index is 3420. The van der Waals surface area contributed by atoms with Crippen LogP contribution < -0.4 is 9.80 Å². The Balaban J connectivity index is 1.13. The average molecular weight is 863 g/mol. The summed E-state index contributed by atoms with van der Waals surface area (Å²) < 4.78 is 0. The van der Waals surface area contributed by atoms with Crippen LogP contribution in [0.4, 0.5) is 34.1 Å². The number of benzene rings is 10. The van der Waals surface area contributed by atoms with Crippen LogP contribution >= 0.6 is 0 Å². The fraction of sp³-hybridized carbons (Fsp3) is 0.138. The van der Waals surface area contributed by atoms with Gasteiger partial charge in [-0.25, -0.2) is 0 Å². The van der Waals surface area contributed by atoms with E-state index in [1.807, 2.05) is 0 Å². The molecule has 0 radical (unpaired) electrons. The summed E-state index contributed by atoms with van der Waals surface area (Å²) in [5.41, 5.74) is 18.2. The summed E-state index contributed by atoms with van der Waals surface area (Å²) in [6.07, 6.45) is 6.53. The summed E-state index contributed by atoms with van der Waals surface area (Å²) in [6.45, 7) is 4.77. The second kappa shape index (κ2) is 17.0. The molecule has 2 nitrogen and oxygen atoms in total. The molecule has 2 heteroatoms. The van der Waals surface area contributed by atoms with Crippen LogP contribution in [0.5, 0.6) is 0 Å². The number of fused-ring (bicyclic) bond motifs is 5. The zero-order chi connectivity index (χ0) is 44.9. The predicted octanol–water partition coefficient (Wildman–Crippen LogP) is 18.6. The summed E-state index contributed by atoms with van der Waals surface area (Å²) in [7, 11) is 0. The van der Waals surface area contributed by atoms with Gasteiger partial charge in [-0.05, 0) is 157 Å². The SMILES string of the molecule is CC1(C)c2ccccc2-c2ccc(N(c3ccc(C4CCCCC4)cc3)c3cc(-c4ccc5ccccc5c4-c4ccccc4)cc(N(c4ccccc4)c4ccc5ccccc5c4)c3)cc21. The molecule has 2 aliphatic rings. The van der Waals surface area contributed by atoms with Gasteiger partial charge in [0.25, 0.3) is 0 Å². The van der Waals surface area contributed by atoms with Crippen LogP contribution in [0.15, 0.2) is 224 Å². The maximum Gasteiger partial charge on any atom is 0.0488 e. The number of para-hydroxylation sites is 1. The molecule has 0 bridgehead atoms. The van der Waals surface area contributed by atoms with Crippen LogP contribution in [0.3, 0.4) is 0 Å². The van der Waals surface area contributed by atoms with E-state index >= 15 is 0 Å². The molecule has 10 aromatic rings. The minimum absolute atomic E-state index is 0.151. The third-order valence-corrected chi connectivity index (χ3v) is 14.8. The second-order valence-electron chi connectivity index (χ2n) is 19.2. The van der Waals surface area contributed by atoms with E-state index in [1.165, 1.54) is 98.2 Å². The zero-order valence-corrected chi connectivity index (χ0v) is 38.4. The molecule has 2 aliphatic carbocycles. The van der Waals surface area contributed by atoms with Crippen molar-refractivity contribution in [2.24, 2.45) is 0 Å². The topological polar surface area (TPSA) is 6.48 Å². The first kappa shape index (κ1) is 40.8. The smallest absolute Gasteiger partial charge is 0.0488 e. The molecule has 0 spiro atoms. The third-order valence-electron chi connectivity index (χ3n) is 14.8. The number of hydrogen-bond acceptors (Lipinski definition) is 2. The van der Waals surface area contributed by atoms with Crippen LogP contribution in [-0.4, -0.2) is 0 Å². The molecule has 0 aromatic heterocycles. The Hall–Kier alpha value is -7.68. The molecule has 67 heavy (non-hydrogen) atoms. The van der Waals surface area contributed by atoms with Crippen molar-refractivity contribution in [3.05, 3.63) is 241 Å². The lowest BCUT2D eigenvalue weighted by Crippen LogP contribution is -2.17. The van der Waals surface area contributed by atoms with Crippen LogP contribution in [0.25, 0.3) is 54.9 Å². The van der Waals surface area contributed by atoms with Crippen molar-refractivity contribution in [2.75, 3.05) is 9.80 Å². The Kier molecular flexibility index (Phi) is 10.3. The highest BCUT2D eigenvalue weighted by molar-refractivity contribution is 6.05. The van der Waals surface area contributed by atoms with Crippen molar-refractivity contribution in [1.29, 1.82) is 0 Å². The quantitative estimate of drug-likeness (QED) is 0.143. The van der Waals surface area contributed by atoms with Gasteiger partial charge in [-0.15, -0.1) is 0 Å². The van der Waals surface area contributed by atoms with Crippen LogP contribution in [0, 0.1) is 0 Å². The van der Waals surface area contributed by atoms with Crippen LogP contribution in [0.2, 0.25) is 0 Å². The highest BCUT2D eigenvalue weighted by Crippen LogP contribution is 2.52. The van der Waals surface area contributed by atoms with Crippen molar-refractivity contribution >= 4 is 55.7 Å². The van der Waals surface area contributed by atoms with Crippen molar-refractivity contribution in [3.8, 4) is 33.4 Å². The molecular formula is C65H54N2. The van der Waals surface area contributed by atoms with Gasteiger partial charge in [-0.2, -0.15) is 0 Å². The van der Waals surface area contributed by atoms with Gasteiger partial charge in [0.1, 0.15) is 0 Å². The summed E-state index contributed by atoms with van der Waals surface area (Å²) in [5, 5.41) is 4.90. The van der Waals surface area contributed by atoms with Crippen molar-refractivity contribution in [1.82, 2.24) is 0 Å². The normalized spacial score (nSPS) is 14.2. The summed E-state index contributed by atoms with van der Waals surface area (Å²) in [5.74, 6) is 0.621. The minimum atomic E-state index is -0.151. The molecule has 1 fully saturated rings. The third kappa shape index (κ3) is 7.38. The lowest BCUT2D eigenvalue weighted by Gasteiger charge is -2.32. The Morgan fingerprint density at radius 2 is 0.910 bits per heavy atom. The standard InChI is InChI=1S/C65H54N2/c1-65(2)62-29-17-16-28-60(62)61-39-37-55(44-63(61)65)67(53-34-30-47(31-35-53)45-18-6-3-7-19-45)57-42-51(59-38-33-48-21-14-15-27-58(48)64(59)49-22-8-4-9-23-49)41-56(43-57)66(52-25-10-5-11-26-52)54-36-32-46-20-12-13-24-50(46)40-54/h4-5,8-17,20-45H,3,6-7,18-19H2,1-2H3. The average Bonchev–Trinajstić information content (AvgIpc) is 3.62. The molecule has 1 saturated carbocycles. The largest absolute Gasteiger partial charge is 0.310 e. The van der Waals surface area contributed by atoms with Gasteiger partial charge >= 0.3 is 0 Å². The van der Waals surface area contributed by atoms with Gasteiger partial charge in [0.2, 0.25) is 0 Å². The Morgan fingerprint density at radius 1 is 0.358 bits per heavy atom. The maximum absolute atomic E-state index is 2.52. The van der Waals surface area contributed by atoms with Gasteiger partial charge in [0, 0.05) is 39.5 Å². The van der Waals surface area contributed by atoms with Gasteiger partial charge in [-0.1, -0.05) is 191 Å². The van der Waals surface area contributed by atoms with E-state index in [-0.39, 0.29) is 5.41 Å². The van der Waals surface area contributed by atoms with Crippen molar-refractivity contribution in [2.45, 2.75) is 57.3 Å². The number of anilines is 6. The molecule has 10 aromatic carbocycles. The van der Waals surface area contributed by atoms with Crippen molar-refractivity contribution in [3.63, 3.8) is 0 Å². The summed E-state index contributed by atoms with van der Waals surface area (Å²) in [6, 6.07) is 83.8. The molecule has 0 N–H and O–H groups in total. The Morgan fingerprint density at radius 3 is 1.67 bits per heavy atom. The van der Waals surface area contributed by atoms with E-state index < -0.39 is 0 Å². The minimum Gasteiger partial charge on any atom is -0.310 e. The first-order valence-electron chi connectivity index (χ1n) is 24.2. The lowest BCUT2D eigenvalue weighted by atomic mass is 9.82. The van der Waals surface area contributed by atoms with Gasteiger partial charge in [0.15, 0.2) is 0 Å². The van der Waals surface area contributed by atoms with Crippen LogP contribution in [-0.2, 0) is 5.41 Å².